The molecule has 1 N–H and O–H groups in total. The van der Waals surface area contributed by atoms with Crippen molar-refractivity contribution in [3.63, 3.8) is 0 Å². The minimum absolute atomic E-state index is 0.0820. The number of thiazole rings is 1. The average molecular weight is 424 g/mol. The molecule has 2 heterocycles. The molecule has 4 rings (SSSR count). The van der Waals surface area contributed by atoms with Crippen LogP contribution in [0.3, 0.4) is 0 Å². The Hall–Kier alpha value is -1.63. The summed E-state index contributed by atoms with van der Waals surface area (Å²) in [6.45, 7) is 1.26. The molecule has 1 saturated heterocycles. The van der Waals surface area contributed by atoms with Crippen molar-refractivity contribution in [3.05, 3.63) is 33.6 Å². The van der Waals surface area contributed by atoms with Gasteiger partial charge in [0.25, 0.3) is 0 Å². The Labute approximate surface area is 171 Å². The van der Waals surface area contributed by atoms with E-state index in [9.17, 15) is 9.59 Å². The second kappa shape index (κ2) is 7.78. The van der Waals surface area contributed by atoms with Crippen LogP contribution in [0, 0.1) is 11.8 Å². The molecule has 0 unspecified atom stereocenters. The molecule has 1 aromatic carbocycles. The van der Waals surface area contributed by atoms with E-state index in [4.69, 9.17) is 23.2 Å². The number of benzene rings is 1. The van der Waals surface area contributed by atoms with Crippen LogP contribution in [0.4, 0.5) is 5.13 Å². The number of likely N-dealkylation sites (tertiary alicyclic amines) is 1. The number of aromatic nitrogens is 1. The fourth-order valence-electron chi connectivity index (χ4n) is 3.34. The fraction of sp³-hybridized carbons (Fsp3) is 0.421. The lowest BCUT2D eigenvalue weighted by atomic mass is 9.97. The summed E-state index contributed by atoms with van der Waals surface area (Å²) >= 11 is 13.6. The number of carbonyl (C=O) groups excluding carboxylic acids is 2. The number of nitrogens with one attached hydrogen (secondary N) is 1. The second-order valence-electron chi connectivity index (χ2n) is 7.05. The molecule has 2 amide bonds. The lowest BCUT2D eigenvalue weighted by Crippen LogP contribution is -2.44. The van der Waals surface area contributed by atoms with E-state index in [0.717, 1.165) is 37.8 Å². The standard InChI is InChI=1S/C19H19Cl2N3O2S/c20-13-5-6-15(21)14(8-13)16-10-27-19(22-16)23-17(25)12-2-1-7-24(9-12)18(26)11-3-4-11/h5-6,8,10-12H,1-4,7,9H2,(H,22,23,25)/t12-/m0/s1. The lowest BCUT2D eigenvalue weighted by molar-refractivity contribution is -0.135. The predicted molar refractivity (Wildman–Crippen MR) is 108 cm³/mol. The summed E-state index contributed by atoms with van der Waals surface area (Å²) in [5.41, 5.74) is 1.41. The number of carbonyl (C=O) groups is 2. The number of amides is 2. The van der Waals surface area contributed by atoms with E-state index in [0.29, 0.717) is 27.4 Å². The topological polar surface area (TPSA) is 62.3 Å². The molecule has 1 saturated carbocycles. The van der Waals surface area contributed by atoms with Crippen LogP contribution in [-0.2, 0) is 9.59 Å². The van der Waals surface area contributed by atoms with Crippen molar-refractivity contribution in [2.75, 3.05) is 18.4 Å². The zero-order valence-electron chi connectivity index (χ0n) is 14.6. The molecule has 27 heavy (non-hydrogen) atoms. The van der Waals surface area contributed by atoms with Crippen LogP contribution in [0.5, 0.6) is 0 Å². The van der Waals surface area contributed by atoms with E-state index >= 15 is 0 Å². The maximum Gasteiger partial charge on any atom is 0.231 e. The van der Waals surface area contributed by atoms with Gasteiger partial charge in [0.05, 0.1) is 16.6 Å². The van der Waals surface area contributed by atoms with Crippen molar-refractivity contribution in [1.29, 1.82) is 0 Å². The highest BCUT2D eigenvalue weighted by molar-refractivity contribution is 7.14. The Morgan fingerprint density at radius 1 is 1.19 bits per heavy atom. The van der Waals surface area contributed by atoms with Crippen molar-refractivity contribution >= 4 is 51.5 Å². The monoisotopic (exact) mass is 423 g/mol. The summed E-state index contributed by atoms with van der Waals surface area (Å²) in [6.07, 6.45) is 3.62. The molecule has 2 aromatic rings. The van der Waals surface area contributed by atoms with Gasteiger partial charge < -0.3 is 10.2 Å². The SMILES string of the molecule is O=C(Nc1nc(-c2cc(Cl)ccc2Cl)cs1)[C@H]1CCCN(C(=O)C2CC2)C1. The highest BCUT2D eigenvalue weighted by Gasteiger charge is 2.36. The molecule has 0 radical (unpaired) electrons. The minimum atomic E-state index is -0.191. The minimum Gasteiger partial charge on any atom is -0.342 e. The smallest absolute Gasteiger partial charge is 0.231 e. The maximum absolute atomic E-state index is 12.7. The number of hydrogen-bond donors (Lipinski definition) is 1. The van der Waals surface area contributed by atoms with Crippen LogP contribution < -0.4 is 5.32 Å². The molecular formula is C19H19Cl2N3O2S. The molecule has 1 aliphatic heterocycles. The number of anilines is 1. The van der Waals surface area contributed by atoms with Gasteiger partial charge in [-0.2, -0.15) is 0 Å². The molecule has 0 bridgehead atoms. The van der Waals surface area contributed by atoms with E-state index in [1.807, 2.05) is 10.3 Å². The number of hydrogen-bond acceptors (Lipinski definition) is 4. The van der Waals surface area contributed by atoms with Crippen LogP contribution in [0.2, 0.25) is 10.0 Å². The predicted octanol–water partition coefficient (Wildman–Crippen LogP) is 4.70. The lowest BCUT2D eigenvalue weighted by Gasteiger charge is -2.32. The van der Waals surface area contributed by atoms with Crippen molar-refractivity contribution in [1.82, 2.24) is 9.88 Å². The van der Waals surface area contributed by atoms with Gasteiger partial charge in [-0.3, -0.25) is 9.59 Å². The summed E-state index contributed by atoms with van der Waals surface area (Å²) in [4.78, 5) is 31.2. The first-order valence-electron chi connectivity index (χ1n) is 9.02. The zero-order chi connectivity index (χ0) is 19.0. The fourth-order valence-corrected chi connectivity index (χ4v) is 4.44. The summed E-state index contributed by atoms with van der Waals surface area (Å²) < 4.78 is 0. The van der Waals surface area contributed by atoms with E-state index in [-0.39, 0.29) is 23.7 Å². The molecular weight excluding hydrogens is 405 g/mol. The molecule has 5 nitrogen and oxygen atoms in total. The zero-order valence-corrected chi connectivity index (χ0v) is 16.9. The van der Waals surface area contributed by atoms with E-state index < -0.39 is 0 Å². The number of rotatable bonds is 4. The van der Waals surface area contributed by atoms with Gasteiger partial charge in [0, 0.05) is 35.0 Å². The molecule has 2 aliphatic rings. The molecule has 142 valence electrons. The Balaban J connectivity index is 1.42. The highest BCUT2D eigenvalue weighted by Crippen LogP contribution is 2.34. The Morgan fingerprint density at radius 2 is 2.00 bits per heavy atom. The molecule has 8 heteroatoms. The Bertz CT molecular complexity index is 882. The van der Waals surface area contributed by atoms with Crippen LogP contribution in [-0.4, -0.2) is 34.8 Å². The van der Waals surface area contributed by atoms with Gasteiger partial charge in [-0.05, 0) is 43.9 Å². The maximum atomic E-state index is 12.7. The third-order valence-corrected chi connectivity index (χ3v) is 6.29. The first kappa shape index (κ1) is 18.7. The number of nitrogens with zero attached hydrogens (tertiary/aromatic N) is 2. The van der Waals surface area contributed by atoms with Crippen LogP contribution in [0.15, 0.2) is 23.6 Å². The van der Waals surface area contributed by atoms with Gasteiger partial charge in [-0.25, -0.2) is 4.98 Å². The second-order valence-corrected chi connectivity index (χ2v) is 8.75. The summed E-state index contributed by atoms with van der Waals surface area (Å²) in [5.74, 6) is 0.125. The molecule has 1 atom stereocenters. The third-order valence-electron chi connectivity index (χ3n) is 4.97. The first-order valence-corrected chi connectivity index (χ1v) is 10.7. The van der Waals surface area contributed by atoms with Gasteiger partial charge in [0.1, 0.15) is 0 Å². The van der Waals surface area contributed by atoms with E-state index in [1.165, 1.54) is 11.3 Å². The summed E-state index contributed by atoms with van der Waals surface area (Å²) in [7, 11) is 0. The van der Waals surface area contributed by atoms with Crippen LogP contribution >= 0.6 is 34.5 Å². The molecule has 1 aromatic heterocycles. The third kappa shape index (κ3) is 4.28. The van der Waals surface area contributed by atoms with Crippen molar-refractivity contribution in [3.8, 4) is 11.3 Å². The quantitative estimate of drug-likeness (QED) is 0.774. The summed E-state index contributed by atoms with van der Waals surface area (Å²) in [6, 6.07) is 5.21. The van der Waals surface area contributed by atoms with Crippen molar-refractivity contribution in [2.24, 2.45) is 11.8 Å². The first-order chi connectivity index (χ1) is 13.0. The Kier molecular flexibility index (Phi) is 5.39. The average Bonchev–Trinajstić information content (AvgIpc) is 3.42. The van der Waals surface area contributed by atoms with E-state index in [1.54, 1.807) is 18.2 Å². The van der Waals surface area contributed by atoms with Gasteiger partial charge in [-0.1, -0.05) is 23.2 Å². The van der Waals surface area contributed by atoms with Crippen molar-refractivity contribution < 1.29 is 9.59 Å². The van der Waals surface area contributed by atoms with Gasteiger partial charge >= 0.3 is 0 Å². The normalized spacial score (nSPS) is 19.8. The van der Waals surface area contributed by atoms with Gasteiger partial charge in [0.2, 0.25) is 11.8 Å². The molecule has 2 fully saturated rings. The summed E-state index contributed by atoms with van der Waals surface area (Å²) in [5, 5.41) is 6.40. The van der Waals surface area contributed by atoms with Crippen molar-refractivity contribution in [2.45, 2.75) is 25.7 Å². The Morgan fingerprint density at radius 3 is 2.78 bits per heavy atom. The number of halogens is 2. The molecule has 1 aliphatic carbocycles. The number of piperidine rings is 1. The van der Waals surface area contributed by atoms with Crippen LogP contribution in [0.1, 0.15) is 25.7 Å². The van der Waals surface area contributed by atoms with E-state index in [2.05, 4.69) is 10.3 Å². The largest absolute Gasteiger partial charge is 0.342 e. The molecule has 0 spiro atoms. The van der Waals surface area contributed by atoms with Gasteiger partial charge in [0.15, 0.2) is 5.13 Å². The highest BCUT2D eigenvalue weighted by atomic mass is 35.5. The van der Waals surface area contributed by atoms with Crippen LogP contribution in [0.25, 0.3) is 11.3 Å². The van der Waals surface area contributed by atoms with Gasteiger partial charge in [-0.15, -0.1) is 11.3 Å².